The number of hydrogen-bond donors (Lipinski definition) is 4. The summed E-state index contributed by atoms with van der Waals surface area (Å²) in [4.78, 5) is 9.26. The van der Waals surface area contributed by atoms with Gasteiger partial charge in [0, 0.05) is 42.1 Å². The molecule has 3 aromatic rings. The zero-order valence-corrected chi connectivity index (χ0v) is 31.4. The Kier molecular flexibility index (Phi) is 17.3. The summed E-state index contributed by atoms with van der Waals surface area (Å²) in [6.07, 6.45) is 2.72. The van der Waals surface area contributed by atoms with Gasteiger partial charge < -0.3 is 49.5 Å². The molecule has 0 saturated carbocycles. The summed E-state index contributed by atoms with van der Waals surface area (Å²) in [5.74, 6) is 1.01. The van der Waals surface area contributed by atoms with Crippen LogP contribution in [0.1, 0.15) is 73.4 Å². The first-order valence-electron chi connectivity index (χ1n) is 17.8. The lowest BCUT2D eigenvalue weighted by atomic mass is 10.1. The normalized spacial score (nSPS) is 11.9. The Morgan fingerprint density at radius 2 is 0.904 bits per heavy atom. The molecule has 0 unspecified atom stereocenters. The smallest absolute Gasteiger partial charge is 0.165 e. The molecule has 0 radical (unpaired) electrons. The van der Waals surface area contributed by atoms with Crippen LogP contribution in [0.3, 0.4) is 0 Å². The van der Waals surface area contributed by atoms with E-state index in [1.807, 2.05) is 20.8 Å². The van der Waals surface area contributed by atoms with Gasteiger partial charge in [-0.05, 0) is 76.4 Å². The van der Waals surface area contributed by atoms with Crippen LogP contribution in [0.25, 0.3) is 5.70 Å². The van der Waals surface area contributed by atoms with E-state index in [0.29, 0.717) is 99.0 Å². The second kappa shape index (κ2) is 21.6. The summed E-state index contributed by atoms with van der Waals surface area (Å²) in [7, 11) is 0. The number of ether oxygens (including phenoxy) is 6. The van der Waals surface area contributed by atoms with E-state index < -0.39 is 0 Å². The first-order valence-corrected chi connectivity index (χ1v) is 17.8. The summed E-state index contributed by atoms with van der Waals surface area (Å²) in [5.41, 5.74) is 8.86. The number of phenols is 3. The predicted octanol–water partition coefficient (Wildman–Crippen LogP) is 6.97. The number of nitrogens with two attached hydrogens (primary N) is 1. The lowest BCUT2D eigenvalue weighted by Gasteiger charge is -2.16. The van der Waals surface area contributed by atoms with Crippen molar-refractivity contribution >= 4 is 17.4 Å². The molecular weight excluding hydrogens is 666 g/mol. The van der Waals surface area contributed by atoms with E-state index in [1.165, 1.54) is 0 Å². The minimum atomic E-state index is -0.140. The van der Waals surface area contributed by atoms with Crippen molar-refractivity contribution in [2.24, 2.45) is 15.7 Å². The molecule has 0 saturated heterocycles. The monoisotopic (exact) mass is 721 g/mol. The van der Waals surface area contributed by atoms with Gasteiger partial charge in [-0.15, -0.1) is 0 Å². The fraction of sp³-hybridized carbons (Fsp3) is 0.450. The molecule has 12 heteroatoms. The van der Waals surface area contributed by atoms with Crippen LogP contribution in [-0.2, 0) is 14.2 Å². The van der Waals surface area contributed by atoms with Gasteiger partial charge in [0.1, 0.15) is 60.2 Å². The van der Waals surface area contributed by atoms with E-state index in [-0.39, 0.29) is 45.7 Å². The topological polar surface area (TPSA) is 167 Å². The minimum Gasteiger partial charge on any atom is -0.507 e. The van der Waals surface area contributed by atoms with Gasteiger partial charge in [-0.1, -0.05) is 27.4 Å². The average molecular weight is 722 g/mol. The van der Waals surface area contributed by atoms with E-state index in [1.54, 1.807) is 57.2 Å². The van der Waals surface area contributed by atoms with Crippen LogP contribution in [0, 0.1) is 20.8 Å². The van der Waals surface area contributed by atoms with Crippen molar-refractivity contribution in [2.75, 3.05) is 59.5 Å². The van der Waals surface area contributed by atoms with Gasteiger partial charge in [-0.3, -0.25) is 0 Å². The maximum Gasteiger partial charge on any atom is 0.165 e. The Morgan fingerprint density at radius 3 is 1.33 bits per heavy atom. The minimum absolute atomic E-state index is 0.0168. The molecule has 12 nitrogen and oxygen atoms in total. The molecule has 0 fully saturated rings. The van der Waals surface area contributed by atoms with Crippen LogP contribution in [-0.4, -0.2) is 86.5 Å². The summed E-state index contributed by atoms with van der Waals surface area (Å²) in [6.45, 7) is 19.5. The number of hydrogen-bond acceptors (Lipinski definition) is 10. The number of aliphatic imine (C=N–C) groups is 2. The van der Waals surface area contributed by atoms with Gasteiger partial charge in [-0.25, -0.2) is 9.98 Å². The van der Waals surface area contributed by atoms with E-state index in [0.717, 1.165) is 19.3 Å². The zero-order chi connectivity index (χ0) is 38.0. The summed E-state index contributed by atoms with van der Waals surface area (Å²) in [6, 6.07) is 9.97. The van der Waals surface area contributed by atoms with Crippen LogP contribution in [0.4, 0.5) is 0 Å². The number of nitrogens with zero attached hydrogens (tertiary/aromatic N) is 2. The molecule has 0 spiro atoms. The lowest BCUT2D eigenvalue weighted by Crippen LogP contribution is -2.17. The van der Waals surface area contributed by atoms with Gasteiger partial charge in [-0.2, -0.15) is 0 Å². The van der Waals surface area contributed by atoms with Crippen LogP contribution in [0.5, 0.6) is 34.5 Å². The van der Waals surface area contributed by atoms with Crippen LogP contribution in [0.15, 0.2) is 53.0 Å². The third-order valence-corrected chi connectivity index (χ3v) is 7.94. The SMILES string of the molecule is C=C(N=C(N=C(N)c1ccc(OCCOCCC)c(C)c1O)c1ccc(OCCOCCC)c(C)c1O)c1ccc(OCCOCCC)c(C)c1O. The molecule has 0 aliphatic carbocycles. The number of phenolic OH excluding ortho intramolecular Hbond substituents is 3. The van der Waals surface area contributed by atoms with Crippen molar-refractivity contribution in [2.45, 2.75) is 60.8 Å². The molecule has 284 valence electrons. The molecule has 0 heterocycles. The fourth-order valence-electron chi connectivity index (χ4n) is 5.01. The summed E-state index contributed by atoms with van der Waals surface area (Å²) >= 11 is 0. The van der Waals surface area contributed by atoms with E-state index in [9.17, 15) is 15.3 Å². The van der Waals surface area contributed by atoms with Crippen LogP contribution < -0.4 is 19.9 Å². The summed E-state index contributed by atoms with van der Waals surface area (Å²) in [5, 5.41) is 33.7. The number of aromatic hydroxyl groups is 3. The highest BCUT2D eigenvalue weighted by atomic mass is 16.5. The van der Waals surface area contributed by atoms with Crippen LogP contribution in [0.2, 0.25) is 0 Å². The van der Waals surface area contributed by atoms with Gasteiger partial charge >= 0.3 is 0 Å². The zero-order valence-electron chi connectivity index (χ0n) is 31.4. The second-order valence-corrected chi connectivity index (χ2v) is 12.0. The first kappa shape index (κ1) is 41.6. The van der Waals surface area contributed by atoms with Gasteiger partial charge in [0.05, 0.1) is 36.6 Å². The van der Waals surface area contributed by atoms with Gasteiger partial charge in [0.25, 0.3) is 0 Å². The predicted molar refractivity (Wildman–Crippen MR) is 205 cm³/mol. The maximum absolute atomic E-state index is 11.4. The molecule has 0 amide bonds. The standard InChI is InChI=1S/C40H55N3O9/c1-8-17-47-20-23-50-33-14-11-30(36(44)26(33)4)29(7)42-40(32-13-16-35(28(6)38(32)46)52-25-22-49-19-10-3)43-39(41)31-12-15-34(27(5)37(31)45)51-24-21-48-18-9-2/h11-16,44-46H,7-10,17-25H2,1-6H3,(H2,41,42,43). The number of amidine groups is 2. The van der Waals surface area contributed by atoms with Crippen molar-refractivity contribution in [3.63, 3.8) is 0 Å². The average Bonchev–Trinajstić information content (AvgIpc) is 3.12. The molecule has 3 aromatic carbocycles. The molecular formula is C40H55N3O9. The van der Waals surface area contributed by atoms with Crippen molar-refractivity contribution in [3.8, 4) is 34.5 Å². The second-order valence-electron chi connectivity index (χ2n) is 12.0. The Morgan fingerprint density at radius 1 is 0.538 bits per heavy atom. The first-order chi connectivity index (χ1) is 25.0. The molecule has 0 atom stereocenters. The third kappa shape index (κ3) is 11.6. The third-order valence-electron chi connectivity index (χ3n) is 7.94. The highest BCUT2D eigenvalue weighted by molar-refractivity contribution is 6.14. The Labute approximate surface area is 307 Å². The Hall–Kier alpha value is -4.78. The number of benzene rings is 3. The van der Waals surface area contributed by atoms with Gasteiger partial charge in [0.15, 0.2) is 5.84 Å². The maximum atomic E-state index is 11.4. The Balaban J connectivity index is 2.01. The molecule has 0 aliphatic heterocycles. The molecule has 0 bridgehead atoms. The largest absolute Gasteiger partial charge is 0.507 e. The Bertz CT molecular complexity index is 1690. The van der Waals surface area contributed by atoms with Crippen molar-refractivity contribution in [1.29, 1.82) is 0 Å². The molecule has 52 heavy (non-hydrogen) atoms. The highest BCUT2D eigenvalue weighted by Crippen LogP contribution is 2.37. The van der Waals surface area contributed by atoms with Crippen molar-refractivity contribution in [1.82, 2.24) is 0 Å². The van der Waals surface area contributed by atoms with Gasteiger partial charge in [0.2, 0.25) is 0 Å². The molecule has 5 N–H and O–H groups in total. The van der Waals surface area contributed by atoms with E-state index in [2.05, 4.69) is 16.6 Å². The molecule has 0 aliphatic rings. The van der Waals surface area contributed by atoms with E-state index >= 15 is 0 Å². The molecule has 0 aromatic heterocycles. The lowest BCUT2D eigenvalue weighted by molar-refractivity contribution is 0.100. The number of rotatable bonds is 22. The molecule has 3 rings (SSSR count). The fourth-order valence-corrected chi connectivity index (χ4v) is 5.01. The van der Waals surface area contributed by atoms with E-state index in [4.69, 9.17) is 34.2 Å². The van der Waals surface area contributed by atoms with Crippen molar-refractivity contribution in [3.05, 3.63) is 76.4 Å². The quantitative estimate of drug-likeness (QED) is 0.0484. The highest BCUT2D eigenvalue weighted by Gasteiger charge is 2.20. The summed E-state index contributed by atoms with van der Waals surface area (Å²) < 4.78 is 34.0. The van der Waals surface area contributed by atoms with Crippen molar-refractivity contribution < 1.29 is 43.7 Å². The van der Waals surface area contributed by atoms with Crippen LogP contribution >= 0.6 is 0 Å².